The molecular formula is C23H35N3O2. The molecule has 1 N–H and O–H groups in total. The van der Waals surface area contributed by atoms with E-state index < -0.39 is 0 Å². The third kappa shape index (κ3) is 3.82. The Morgan fingerprint density at radius 3 is 2.68 bits per heavy atom. The van der Waals surface area contributed by atoms with E-state index in [1.165, 1.54) is 55.7 Å². The number of ether oxygens (including phenoxy) is 2. The van der Waals surface area contributed by atoms with Gasteiger partial charge < -0.3 is 14.4 Å². The van der Waals surface area contributed by atoms with Crippen molar-refractivity contribution in [1.29, 1.82) is 0 Å². The summed E-state index contributed by atoms with van der Waals surface area (Å²) in [4.78, 5) is 5.32. The van der Waals surface area contributed by atoms with Gasteiger partial charge in [0, 0.05) is 50.1 Å². The predicted octanol–water partition coefficient (Wildman–Crippen LogP) is 3.22. The molecule has 0 spiro atoms. The van der Waals surface area contributed by atoms with Crippen molar-refractivity contribution in [1.82, 2.24) is 10.2 Å². The van der Waals surface area contributed by atoms with Gasteiger partial charge in [0.25, 0.3) is 0 Å². The molecule has 0 radical (unpaired) electrons. The van der Waals surface area contributed by atoms with Crippen molar-refractivity contribution in [2.75, 3.05) is 37.7 Å². The number of nitrogens with zero attached hydrogens (tertiary/aromatic N) is 2. The molecule has 4 fully saturated rings. The molecule has 0 amide bonds. The van der Waals surface area contributed by atoms with Gasteiger partial charge in [-0.2, -0.15) is 0 Å². The lowest BCUT2D eigenvalue weighted by molar-refractivity contribution is 0.0746. The largest absolute Gasteiger partial charge is 0.381 e. The minimum absolute atomic E-state index is 0.181. The van der Waals surface area contributed by atoms with Gasteiger partial charge in [-0.3, -0.25) is 10.2 Å². The molecule has 0 bridgehead atoms. The van der Waals surface area contributed by atoms with E-state index in [9.17, 15) is 0 Å². The Labute approximate surface area is 169 Å². The van der Waals surface area contributed by atoms with Crippen molar-refractivity contribution < 1.29 is 9.47 Å². The van der Waals surface area contributed by atoms with Crippen LogP contribution in [0.3, 0.4) is 0 Å². The van der Waals surface area contributed by atoms with Crippen molar-refractivity contribution in [2.24, 2.45) is 0 Å². The number of likely N-dealkylation sites (tertiary alicyclic amines) is 1. The van der Waals surface area contributed by atoms with Crippen LogP contribution >= 0.6 is 0 Å². The van der Waals surface area contributed by atoms with Crippen LogP contribution in [-0.4, -0.2) is 62.1 Å². The Kier molecular flexibility index (Phi) is 5.35. The second-order valence-electron chi connectivity index (χ2n) is 9.19. The molecule has 4 unspecified atom stereocenters. The summed E-state index contributed by atoms with van der Waals surface area (Å²) in [6.45, 7) is 10.0. The number of anilines is 1. The first-order valence-corrected chi connectivity index (χ1v) is 11.3. The Morgan fingerprint density at radius 1 is 1.07 bits per heavy atom. The molecule has 5 rings (SSSR count). The quantitative estimate of drug-likeness (QED) is 0.788. The van der Waals surface area contributed by atoms with E-state index in [1.807, 2.05) is 0 Å². The average molecular weight is 386 g/mol. The molecule has 4 aliphatic heterocycles. The van der Waals surface area contributed by atoms with Gasteiger partial charge in [-0.25, -0.2) is 0 Å². The van der Waals surface area contributed by atoms with Crippen LogP contribution in [0, 0.1) is 6.92 Å². The number of rotatable bonds is 5. The fourth-order valence-corrected chi connectivity index (χ4v) is 5.49. The van der Waals surface area contributed by atoms with Gasteiger partial charge >= 0.3 is 0 Å². The van der Waals surface area contributed by atoms with Gasteiger partial charge in [0.05, 0.1) is 0 Å². The highest BCUT2D eigenvalue weighted by molar-refractivity contribution is 5.52. The molecule has 154 valence electrons. The summed E-state index contributed by atoms with van der Waals surface area (Å²) >= 11 is 0. The second kappa shape index (κ2) is 7.94. The fourth-order valence-electron chi connectivity index (χ4n) is 5.49. The zero-order valence-electron chi connectivity index (χ0n) is 17.4. The van der Waals surface area contributed by atoms with E-state index in [1.54, 1.807) is 0 Å². The van der Waals surface area contributed by atoms with Crippen molar-refractivity contribution in [3.63, 3.8) is 0 Å². The van der Waals surface area contributed by atoms with Crippen LogP contribution in [0.25, 0.3) is 0 Å². The molecule has 4 aliphatic rings. The zero-order chi connectivity index (χ0) is 19.1. The van der Waals surface area contributed by atoms with Crippen LogP contribution in [0.5, 0.6) is 0 Å². The van der Waals surface area contributed by atoms with E-state index in [4.69, 9.17) is 9.47 Å². The van der Waals surface area contributed by atoms with Crippen LogP contribution in [-0.2, 0) is 9.47 Å². The van der Waals surface area contributed by atoms with Crippen molar-refractivity contribution in [2.45, 2.75) is 76.4 Å². The Morgan fingerprint density at radius 2 is 1.93 bits per heavy atom. The number of nitrogens with one attached hydrogen (secondary N) is 1. The van der Waals surface area contributed by atoms with E-state index >= 15 is 0 Å². The molecule has 0 saturated carbocycles. The summed E-state index contributed by atoms with van der Waals surface area (Å²) in [6, 6.07) is 9.02. The van der Waals surface area contributed by atoms with Gasteiger partial charge in [0.2, 0.25) is 0 Å². The molecule has 28 heavy (non-hydrogen) atoms. The van der Waals surface area contributed by atoms with E-state index in [2.05, 4.69) is 47.2 Å². The third-order valence-electron chi connectivity index (χ3n) is 7.27. The van der Waals surface area contributed by atoms with E-state index in [0.717, 1.165) is 38.1 Å². The summed E-state index contributed by atoms with van der Waals surface area (Å²) in [7, 11) is 0. The predicted molar refractivity (Wildman–Crippen MR) is 112 cm³/mol. The molecule has 1 aromatic carbocycles. The highest BCUT2D eigenvalue weighted by Gasteiger charge is 2.42. The lowest BCUT2D eigenvalue weighted by Crippen LogP contribution is -2.39. The number of aryl methyl sites for hydroxylation is 1. The highest BCUT2D eigenvalue weighted by Crippen LogP contribution is 2.40. The Hall–Kier alpha value is -1.14. The smallest absolute Gasteiger partial charge is 0.140 e. The Balaban J connectivity index is 1.19. The molecule has 4 heterocycles. The molecule has 5 heteroatoms. The minimum atomic E-state index is 0.181. The van der Waals surface area contributed by atoms with Crippen LogP contribution in [0.1, 0.15) is 56.3 Å². The second-order valence-corrected chi connectivity index (χ2v) is 9.19. The topological polar surface area (TPSA) is 40.3 Å². The first-order valence-electron chi connectivity index (χ1n) is 11.3. The van der Waals surface area contributed by atoms with E-state index in [-0.39, 0.29) is 12.3 Å². The summed E-state index contributed by atoms with van der Waals surface area (Å²) < 4.78 is 11.4. The lowest BCUT2D eigenvalue weighted by Gasteiger charge is -2.28. The molecule has 5 nitrogen and oxygen atoms in total. The number of epoxide rings is 1. The molecule has 1 aromatic rings. The van der Waals surface area contributed by atoms with Crippen LogP contribution in [0.4, 0.5) is 5.69 Å². The SMILES string of the molecule is Cc1cc(N2CCC(N3CCCC3C)C2)ccc1C1OC1NC1CCOCC1. The van der Waals surface area contributed by atoms with Crippen molar-refractivity contribution >= 4 is 5.69 Å². The van der Waals surface area contributed by atoms with Crippen molar-refractivity contribution in [3.8, 4) is 0 Å². The maximum Gasteiger partial charge on any atom is 0.140 e. The number of hydrogen-bond acceptors (Lipinski definition) is 5. The standard InChI is InChI=1S/C23H35N3O2/c1-16-14-19(25-11-7-20(15-25)26-10-3-4-17(26)2)5-6-21(16)22-23(28-22)24-18-8-12-27-13-9-18/h5-6,14,17-18,20,22-24H,3-4,7-13,15H2,1-2H3. The molecule has 0 aromatic heterocycles. The number of hydrogen-bond donors (Lipinski definition) is 1. The van der Waals surface area contributed by atoms with Gasteiger partial charge in [0.1, 0.15) is 12.3 Å². The zero-order valence-corrected chi connectivity index (χ0v) is 17.4. The average Bonchev–Trinajstić information content (AvgIpc) is 3.09. The molecule has 4 saturated heterocycles. The first kappa shape index (κ1) is 18.9. The molecule has 0 aliphatic carbocycles. The molecular weight excluding hydrogens is 350 g/mol. The van der Waals surface area contributed by atoms with Crippen LogP contribution < -0.4 is 10.2 Å². The van der Waals surface area contributed by atoms with E-state index in [0.29, 0.717) is 6.04 Å². The minimum Gasteiger partial charge on any atom is -0.381 e. The monoisotopic (exact) mass is 385 g/mol. The van der Waals surface area contributed by atoms with Gasteiger partial charge in [-0.05, 0) is 75.8 Å². The van der Waals surface area contributed by atoms with Crippen LogP contribution in [0.2, 0.25) is 0 Å². The Bertz CT molecular complexity index is 690. The summed E-state index contributed by atoms with van der Waals surface area (Å²) in [5.41, 5.74) is 4.08. The molecule has 4 atom stereocenters. The third-order valence-corrected chi connectivity index (χ3v) is 7.27. The normalized spacial score (nSPS) is 34.3. The van der Waals surface area contributed by atoms with Gasteiger partial charge in [-0.15, -0.1) is 0 Å². The summed E-state index contributed by atoms with van der Waals surface area (Å²) in [5, 5.41) is 3.66. The summed E-state index contributed by atoms with van der Waals surface area (Å²) in [5.74, 6) is 0. The lowest BCUT2D eigenvalue weighted by atomic mass is 10.0. The maximum atomic E-state index is 5.98. The maximum absolute atomic E-state index is 5.98. The van der Waals surface area contributed by atoms with Gasteiger partial charge in [0.15, 0.2) is 0 Å². The fraction of sp³-hybridized carbons (Fsp3) is 0.739. The first-order chi connectivity index (χ1) is 13.7. The highest BCUT2D eigenvalue weighted by atomic mass is 16.6. The van der Waals surface area contributed by atoms with Gasteiger partial charge in [-0.1, -0.05) is 6.07 Å². The summed E-state index contributed by atoms with van der Waals surface area (Å²) in [6.07, 6.45) is 6.62. The van der Waals surface area contributed by atoms with Crippen LogP contribution in [0.15, 0.2) is 18.2 Å². The van der Waals surface area contributed by atoms with Crippen molar-refractivity contribution in [3.05, 3.63) is 29.3 Å². The number of benzene rings is 1.